The molecular weight excluding hydrogens is 238 g/mol. The number of aromatic nitrogens is 1. The summed E-state index contributed by atoms with van der Waals surface area (Å²) in [6, 6.07) is 5.95. The van der Waals surface area contributed by atoms with Crippen LogP contribution in [0.3, 0.4) is 0 Å². The van der Waals surface area contributed by atoms with Crippen molar-refractivity contribution in [2.24, 2.45) is 5.92 Å². The van der Waals surface area contributed by atoms with Gasteiger partial charge in [-0.25, -0.2) is 4.98 Å². The van der Waals surface area contributed by atoms with Crippen molar-refractivity contribution >= 4 is 11.7 Å². The van der Waals surface area contributed by atoms with Crippen LogP contribution in [0, 0.1) is 5.92 Å². The predicted molar refractivity (Wildman–Crippen MR) is 77.1 cm³/mol. The van der Waals surface area contributed by atoms with Crippen LogP contribution in [0.2, 0.25) is 0 Å². The third-order valence-corrected chi connectivity index (χ3v) is 3.71. The SMILES string of the molecule is CCCC(C)C(=O)N1CCN(c2ccccn2)CC1. The van der Waals surface area contributed by atoms with E-state index in [2.05, 4.69) is 16.8 Å². The van der Waals surface area contributed by atoms with Crippen LogP contribution >= 0.6 is 0 Å². The molecule has 0 spiro atoms. The van der Waals surface area contributed by atoms with Crippen molar-refractivity contribution in [3.05, 3.63) is 24.4 Å². The third kappa shape index (κ3) is 3.46. The summed E-state index contributed by atoms with van der Waals surface area (Å²) in [7, 11) is 0. The first-order chi connectivity index (χ1) is 9.22. The fourth-order valence-corrected chi connectivity index (χ4v) is 2.56. The lowest BCUT2D eigenvalue weighted by Crippen LogP contribution is -2.50. The molecule has 4 nitrogen and oxygen atoms in total. The van der Waals surface area contributed by atoms with Gasteiger partial charge in [0.1, 0.15) is 5.82 Å². The molecule has 0 saturated carbocycles. The van der Waals surface area contributed by atoms with Crippen molar-refractivity contribution in [2.45, 2.75) is 26.7 Å². The van der Waals surface area contributed by atoms with Crippen LogP contribution < -0.4 is 4.90 Å². The topological polar surface area (TPSA) is 36.4 Å². The number of hydrogen-bond donors (Lipinski definition) is 0. The van der Waals surface area contributed by atoms with E-state index in [1.54, 1.807) is 0 Å². The van der Waals surface area contributed by atoms with Gasteiger partial charge < -0.3 is 9.80 Å². The smallest absolute Gasteiger partial charge is 0.225 e. The maximum Gasteiger partial charge on any atom is 0.225 e. The summed E-state index contributed by atoms with van der Waals surface area (Å²) in [6.07, 6.45) is 3.87. The summed E-state index contributed by atoms with van der Waals surface area (Å²) in [4.78, 5) is 20.8. The summed E-state index contributed by atoms with van der Waals surface area (Å²) >= 11 is 0. The van der Waals surface area contributed by atoms with Gasteiger partial charge in [-0.15, -0.1) is 0 Å². The predicted octanol–water partition coefficient (Wildman–Crippen LogP) is 2.17. The molecule has 0 aromatic carbocycles. The summed E-state index contributed by atoms with van der Waals surface area (Å²) in [6.45, 7) is 7.54. The zero-order chi connectivity index (χ0) is 13.7. The Morgan fingerprint density at radius 2 is 2.05 bits per heavy atom. The highest BCUT2D eigenvalue weighted by molar-refractivity contribution is 5.78. The molecule has 1 aromatic rings. The quantitative estimate of drug-likeness (QED) is 0.833. The van der Waals surface area contributed by atoms with Gasteiger partial charge in [0.2, 0.25) is 5.91 Å². The summed E-state index contributed by atoms with van der Waals surface area (Å²) < 4.78 is 0. The van der Waals surface area contributed by atoms with E-state index in [-0.39, 0.29) is 5.92 Å². The number of carbonyl (C=O) groups excluding carboxylic acids is 1. The Morgan fingerprint density at radius 1 is 1.32 bits per heavy atom. The average Bonchev–Trinajstić information content (AvgIpc) is 2.48. The van der Waals surface area contributed by atoms with Crippen molar-refractivity contribution in [2.75, 3.05) is 31.1 Å². The van der Waals surface area contributed by atoms with E-state index < -0.39 is 0 Å². The second-order valence-corrected chi connectivity index (χ2v) is 5.19. The van der Waals surface area contributed by atoms with E-state index in [0.29, 0.717) is 5.91 Å². The average molecular weight is 261 g/mol. The first-order valence-corrected chi connectivity index (χ1v) is 7.17. The molecule has 2 rings (SSSR count). The molecule has 1 aliphatic heterocycles. The number of nitrogens with zero attached hydrogens (tertiary/aromatic N) is 3. The Kier molecular flexibility index (Phi) is 4.77. The van der Waals surface area contributed by atoms with E-state index in [9.17, 15) is 4.79 Å². The molecule has 0 aliphatic carbocycles. The highest BCUT2D eigenvalue weighted by Gasteiger charge is 2.24. The van der Waals surface area contributed by atoms with Crippen molar-refractivity contribution in [1.29, 1.82) is 0 Å². The van der Waals surface area contributed by atoms with Crippen LogP contribution in [0.5, 0.6) is 0 Å². The molecule has 104 valence electrons. The molecule has 0 N–H and O–H groups in total. The zero-order valence-corrected chi connectivity index (χ0v) is 11.9. The maximum absolute atomic E-state index is 12.2. The zero-order valence-electron chi connectivity index (χ0n) is 11.9. The molecule has 1 atom stereocenters. The molecule has 1 unspecified atom stereocenters. The molecule has 1 aliphatic rings. The molecule has 19 heavy (non-hydrogen) atoms. The molecule has 0 bridgehead atoms. The normalized spacial score (nSPS) is 17.4. The Hall–Kier alpha value is -1.58. The lowest BCUT2D eigenvalue weighted by Gasteiger charge is -2.36. The summed E-state index contributed by atoms with van der Waals surface area (Å²) in [5.41, 5.74) is 0. The lowest BCUT2D eigenvalue weighted by atomic mass is 10.0. The van der Waals surface area contributed by atoms with Gasteiger partial charge in [-0.1, -0.05) is 26.3 Å². The van der Waals surface area contributed by atoms with Crippen LogP contribution in [0.25, 0.3) is 0 Å². The highest BCUT2D eigenvalue weighted by Crippen LogP contribution is 2.15. The monoisotopic (exact) mass is 261 g/mol. The van der Waals surface area contributed by atoms with Gasteiger partial charge in [-0.2, -0.15) is 0 Å². The lowest BCUT2D eigenvalue weighted by molar-refractivity contribution is -0.135. The summed E-state index contributed by atoms with van der Waals surface area (Å²) in [5, 5.41) is 0. The van der Waals surface area contributed by atoms with Gasteiger partial charge in [-0.05, 0) is 18.6 Å². The van der Waals surface area contributed by atoms with E-state index >= 15 is 0 Å². The number of piperazine rings is 1. The Morgan fingerprint density at radius 3 is 2.63 bits per heavy atom. The van der Waals surface area contributed by atoms with Crippen molar-refractivity contribution in [1.82, 2.24) is 9.88 Å². The molecule has 1 saturated heterocycles. The van der Waals surface area contributed by atoms with Gasteiger partial charge in [0, 0.05) is 38.3 Å². The van der Waals surface area contributed by atoms with Crippen molar-refractivity contribution in [3.8, 4) is 0 Å². The van der Waals surface area contributed by atoms with Gasteiger partial charge in [-0.3, -0.25) is 4.79 Å². The second-order valence-electron chi connectivity index (χ2n) is 5.19. The summed E-state index contributed by atoms with van der Waals surface area (Å²) in [5.74, 6) is 1.48. The van der Waals surface area contributed by atoms with Crippen LogP contribution in [0.4, 0.5) is 5.82 Å². The number of rotatable bonds is 4. The molecule has 4 heteroatoms. The van der Waals surface area contributed by atoms with E-state index in [4.69, 9.17) is 0 Å². The molecule has 0 radical (unpaired) electrons. The number of amides is 1. The third-order valence-electron chi connectivity index (χ3n) is 3.71. The molecule has 1 fully saturated rings. The fourth-order valence-electron chi connectivity index (χ4n) is 2.56. The standard InChI is InChI=1S/C15H23N3O/c1-3-6-13(2)15(19)18-11-9-17(10-12-18)14-7-4-5-8-16-14/h4-5,7-8,13H,3,6,9-12H2,1-2H3. The van der Waals surface area contributed by atoms with Gasteiger partial charge in [0.15, 0.2) is 0 Å². The Labute approximate surface area is 115 Å². The van der Waals surface area contributed by atoms with Crippen LogP contribution in [0.15, 0.2) is 24.4 Å². The Balaban J connectivity index is 1.87. The van der Waals surface area contributed by atoms with Crippen LogP contribution in [-0.4, -0.2) is 42.0 Å². The first kappa shape index (κ1) is 13.8. The first-order valence-electron chi connectivity index (χ1n) is 7.17. The molecular formula is C15H23N3O. The van der Waals surface area contributed by atoms with Gasteiger partial charge in [0.25, 0.3) is 0 Å². The van der Waals surface area contributed by atoms with E-state index in [0.717, 1.165) is 44.8 Å². The highest BCUT2D eigenvalue weighted by atomic mass is 16.2. The molecule has 1 aromatic heterocycles. The fraction of sp³-hybridized carbons (Fsp3) is 0.600. The van der Waals surface area contributed by atoms with E-state index in [1.165, 1.54) is 0 Å². The van der Waals surface area contributed by atoms with Gasteiger partial charge >= 0.3 is 0 Å². The number of carbonyl (C=O) groups is 1. The maximum atomic E-state index is 12.2. The van der Waals surface area contributed by atoms with E-state index in [1.807, 2.05) is 36.2 Å². The minimum absolute atomic E-state index is 0.159. The minimum atomic E-state index is 0.159. The number of hydrogen-bond acceptors (Lipinski definition) is 3. The van der Waals surface area contributed by atoms with Crippen LogP contribution in [-0.2, 0) is 4.79 Å². The minimum Gasteiger partial charge on any atom is -0.353 e. The second kappa shape index (κ2) is 6.55. The van der Waals surface area contributed by atoms with Gasteiger partial charge in [0.05, 0.1) is 0 Å². The largest absolute Gasteiger partial charge is 0.353 e. The van der Waals surface area contributed by atoms with Crippen LogP contribution in [0.1, 0.15) is 26.7 Å². The Bertz CT molecular complexity index is 399. The number of anilines is 1. The van der Waals surface area contributed by atoms with Crippen molar-refractivity contribution < 1.29 is 4.79 Å². The molecule has 2 heterocycles. The number of pyridine rings is 1. The van der Waals surface area contributed by atoms with Crippen molar-refractivity contribution in [3.63, 3.8) is 0 Å². The molecule has 1 amide bonds.